The predicted molar refractivity (Wildman–Crippen MR) is 116 cm³/mol. The Balaban J connectivity index is 0.000000449. The quantitative estimate of drug-likeness (QED) is 0.253. The van der Waals surface area contributed by atoms with Crippen LogP contribution in [0.3, 0.4) is 0 Å². The van der Waals surface area contributed by atoms with E-state index in [2.05, 4.69) is 69.0 Å². The summed E-state index contributed by atoms with van der Waals surface area (Å²) in [6.45, 7) is 24.2. The van der Waals surface area contributed by atoms with E-state index < -0.39 is 0 Å². The minimum Gasteiger partial charge on any atom is -0.673 e. The number of nitrogens with zero attached hydrogens (tertiary/aromatic N) is 4. The van der Waals surface area contributed by atoms with Crippen molar-refractivity contribution in [3.8, 4) is 0 Å². The average Bonchev–Trinajstić information content (AvgIpc) is 3.14. The molecule has 0 saturated carbocycles. The van der Waals surface area contributed by atoms with Crippen molar-refractivity contribution in [2.24, 2.45) is 11.8 Å². The van der Waals surface area contributed by atoms with Gasteiger partial charge in [-0.3, -0.25) is 13.6 Å². The molecule has 4 saturated heterocycles. The normalized spacial score (nSPS) is 35.9. The van der Waals surface area contributed by atoms with Crippen molar-refractivity contribution in [1.29, 1.82) is 0 Å². The first-order chi connectivity index (χ1) is 12.8. The molecule has 29 heavy (non-hydrogen) atoms. The second kappa shape index (κ2) is 10.4. The molecule has 0 aromatic carbocycles. The summed E-state index contributed by atoms with van der Waals surface area (Å²) in [6.07, 6.45) is 5.54. The van der Waals surface area contributed by atoms with Gasteiger partial charge < -0.3 is 30.9 Å². The number of rotatable bonds is 0. The molecule has 6 nitrogen and oxygen atoms in total. The minimum atomic E-state index is 0. The van der Waals surface area contributed by atoms with Crippen LogP contribution in [-0.2, 0) is 29.1 Å². The third-order valence-corrected chi connectivity index (χ3v) is 5.82. The Morgan fingerprint density at radius 3 is 0.828 bits per heavy atom. The molecule has 4 fully saturated rings. The second-order valence-electron chi connectivity index (χ2n) is 10.9. The Bertz CT molecular complexity index is 403. The van der Waals surface area contributed by atoms with Crippen molar-refractivity contribution >= 4 is 13.6 Å². The number of hydrogen-bond acceptors (Lipinski definition) is 2. The number of fused-ring (bicyclic) bond motifs is 2. The maximum Gasteiger partial charge on any atom is 6.00 e. The van der Waals surface area contributed by atoms with Gasteiger partial charge in [-0.2, -0.15) is 0 Å². The van der Waals surface area contributed by atoms with E-state index in [0.717, 1.165) is 11.8 Å². The van der Waals surface area contributed by atoms with Crippen LogP contribution in [0.25, 0.3) is 21.3 Å². The summed E-state index contributed by atoms with van der Waals surface area (Å²) < 4.78 is 0. The van der Waals surface area contributed by atoms with Gasteiger partial charge in [-0.1, -0.05) is 92.9 Å². The summed E-state index contributed by atoms with van der Waals surface area (Å²) in [6, 6.07) is 0. The molecule has 0 radical (unpaired) electrons. The van der Waals surface area contributed by atoms with Crippen LogP contribution in [0.2, 0.25) is 0 Å². The number of hydrogen-bond donors (Lipinski definition) is 0. The fourth-order valence-corrected chi connectivity index (χ4v) is 5.25. The molecule has 7 heteroatoms. The van der Waals surface area contributed by atoms with Crippen LogP contribution in [0.15, 0.2) is 0 Å². The molecular formula is C22H38N4O2Ru. The molecule has 4 aliphatic heterocycles. The van der Waals surface area contributed by atoms with Gasteiger partial charge in [-0.05, 0) is 0 Å². The van der Waals surface area contributed by atoms with Crippen molar-refractivity contribution in [2.45, 2.75) is 116 Å². The van der Waals surface area contributed by atoms with E-state index in [0.29, 0.717) is 12.3 Å². The molecule has 4 rings (SSSR count). The zero-order chi connectivity index (χ0) is 22.0. The first-order valence-corrected chi connectivity index (χ1v) is 10.1. The minimum absolute atomic E-state index is 0. The molecule has 0 aromatic heterocycles. The molecule has 0 amide bonds. The summed E-state index contributed by atoms with van der Waals surface area (Å²) >= 11 is 0. The molecule has 0 bridgehead atoms. The average molecular weight is 492 g/mol. The zero-order valence-corrected chi connectivity index (χ0v) is 21.0. The van der Waals surface area contributed by atoms with E-state index >= 15 is 0 Å². The smallest absolute Gasteiger partial charge is 0.673 e. The maximum absolute atomic E-state index is 7.75. The van der Waals surface area contributed by atoms with Crippen LogP contribution in [0, 0.1) is 11.8 Å². The van der Waals surface area contributed by atoms with Crippen LogP contribution >= 0.6 is 0 Å². The van der Waals surface area contributed by atoms with E-state index in [9.17, 15) is 0 Å². The monoisotopic (exact) mass is 492 g/mol. The van der Waals surface area contributed by atoms with E-state index in [-0.39, 0.29) is 41.6 Å². The molecular weight excluding hydrogens is 453 g/mol. The van der Waals surface area contributed by atoms with Crippen molar-refractivity contribution in [3.63, 3.8) is 0 Å². The predicted octanol–water partition coefficient (Wildman–Crippen LogP) is 5.53. The molecule has 0 aromatic rings. The van der Waals surface area contributed by atoms with Crippen LogP contribution < -0.4 is 0 Å². The van der Waals surface area contributed by atoms with E-state index in [1.807, 2.05) is 0 Å². The maximum atomic E-state index is 7.75. The van der Waals surface area contributed by atoms with Gasteiger partial charge in [-0.15, -0.1) is 22.2 Å². The van der Waals surface area contributed by atoms with E-state index in [1.165, 1.54) is 25.7 Å². The molecule has 4 aliphatic rings. The largest absolute Gasteiger partial charge is 6.00 e. The van der Waals surface area contributed by atoms with Crippen LogP contribution in [0.1, 0.15) is 81.1 Å². The molecule has 0 aliphatic carbocycles. The first-order valence-electron chi connectivity index (χ1n) is 10.1. The Morgan fingerprint density at radius 1 is 0.517 bits per heavy atom. The Hall–Kier alpha value is -0.197. The molecule has 166 valence electrons. The van der Waals surface area contributed by atoms with Crippen molar-refractivity contribution in [1.82, 2.24) is 0 Å². The second-order valence-corrected chi connectivity index (χ2v) is 10.9. The third-order valence-electron chi connectivity index (χ3n) is 5.82. The fourth-order valence-electron chi connectivity index (χ4n) is 5.25. The SMILES string of the molecule is CC1(C)CC2CC(C)(C)[N-]C2[N-]1.CC1(C)CC2CC(C)(C)[N-]C2[N-]1.[CH-]=O.[CH-]=O.[Ru+6]. The number of carbonyl (C=O) groups excluding carboxylic acids is 2. The summed E-state index contributed by atoms with van der Waals surface area (Å²) in [5.41, 5.74) is 0.759. The fraction of sp³-hybridized carbons (Fsp3) is 0.909. The summed E-state index contributed by atoms with van der Waals surface area (Å²) in [5.74, 6) is 1.46. The van der Waals surface area contributed by atoms with Crippen molar-refractivity contribution < 1.29 is 29.1 Å². The van der Waals surface area contributed by atoms with Crippen LogP contribution in [0.4, 0.5) is 0 Å². The molecule has 4 heterocycles. The third kappa shape index (κ3) is 8.10. The van der Waals surface area contributed by atoms with Crippen molar-refractivity contribution in [2.75, 3.05) is 0 Å². The van der Waals surface area contributed by atoms with Gasteiger partial charge in [0.25, 0.3) is 0 Å². The Labute approximate surface area is 191 Å². The summed E-state index contributed by atoms with van der Waals surface area (Å²) in [5, 5.41) is 18.8. The molecule has 0 atom stereocenters. The zero-order valence-electron chi connectivity index (χ0n) is 19.3. The van der Waals surface area contributed by atoms with Gasteiger partial charge in [0.15, 0.2) is 0 Å². The molecule has 0 spiro atoms. The topological polar surface area (TPSA) is 90.5 Å². The molecule has 0 unspecified atom stereocenters. The van der Waals surface area contributed by atoms with Crippen LogP contribution in [-0.4, -0.2) is 48.1 Å². The molecule has 0 N–H and O–H groups in total. The Morgan fingerprint density at radius 2 is 0.690 bits per heavy atom. The van der Waals surface area contributed by atoms with Gasteiger partial charge in [0.05, 0.1) is 0 Å². The summed E-state index contributed by atoms with van der Waals surface area (Å²) in [7, 11) is 0. The van der Waals surface area contributed by atoms with Gasteiger partial charge in [-0.25, -0.2) is 12.3 Å². The van der Waals surface area contributed by atoms with Crippen LogP contribution in [0.5, 0.6) is 0 Å². The summed E-state index contributed by atoms with van der Waals surface area (Å²) in [4.78, 5) is 15.5. The first kappa shape index (κ1) is 28.8. The standard InChI is InChI=1S/2C10H18N2.2CHO.Ru/c2*1-9(2)5-7-6-10(3,4)12-8(7)11-9;2*1-2;/h2*7-8H,5-6H2,1-4H3;2*1H;/q2*-2;2*-1;+6. The van der Waals surface area contributed by atoms with Gasteiger partial charge in [0.2, 0.25) is 0 Å². The van der Waals surface area contributed by atoms with Gasteiger partial charge >= 0.3 is 19.5 Å². The van der Waals surface area contributed by atoms with E-state index in [1.54, 1.807) is 0 Å². The van der Waals surface area contributed by atoms with Crippen molar-refractivity contribution in [3.05, 3.63) is 21.3 Å². The van der Waals surface area contributed by atoms with E-state index in [4.69, 9.17) is 30.9 Å². The van der Waals surface area contributed by atoms with Gasteiger partial charge in [0, 0.05) is 0 Å². The Kier molecular flexibility index (Phi) is 10.3. The van der Waals surface area contributed by atoms with Gasteiger partial charge in [0.1, 0.15) is 0 Å².